The van der Waals surface area contributed by atoms with Crippen molar-refractivity contribution in [1.82, 2.24) is 5.43 Å². The molecular formula is C11H17BrN4. The van der Waals surface area contributed by atoms with Crippen LogP contribution in [0.2, 0.25) is 0 Å². The Labute approximate surface area is 104 Å². The molecule has 0 aliphatic carbocycles. The van der Waals surface area contributed by atoms with Gasteiger partial charge in [0.15, 0.2) is 0 Å². The summed E-state index contributed by atoms with van der Waals surface area (Å²) in [4.78, 5) is 4.30. The summed E-state index contributed by atoms with van der Waals surface area (Å²) in [5.41, 5.74) is 4.66. The smallest absolute Gasteiger partial charge is 0.210 e. The van der Waals surface area contributed by atoms with Crippen LogP contribution in [0, 0.1) is 6.92 Å². The Kier molecular flexibility index (Phi) is 4.76. The Morgan fingerprint density at radius 1 is 1.44 bits per heavy atom. The second-order valence-electron chi connectivity index (χ2n) is 3.80. The largest absolute Gasteiger partial charge is 0.325 e. The lowest BCUT2D eigenvalue weighted by molar-refractivity contribution is 0.819. The van der Waals surface area contributed by atoms with E-state index in [0.717, 1.165) is 15.7 Å². The number of aryl methyl sites for hydroxylation is 1. The van der Waals surface area contributed by atoms with Gasteiger partial charge < -0.3 is 5.32 Å². The van der Waals surface area contributed by atoms with E-state index in [0.29, 0.717) is 5.96 Å². The van der Waals surface area contributed by atoms with E-state index >= 15 is 0 Å². The number of nitrogens with two attached hydrogens (primary N) is 1. The molecule has 0 fully saturated rings. The summed E-state index contributed by atoms with van der Waals surface area (Å²) in [6.07, 6.45) is 0. The molecule has 0 aliphatic rings. The van der Waals surface area contributed by atoms with Crippen molar-refractivity contribution in [3.8, 4) is 0 Å². The third kappa shape index (κ3) is 3.83. The molecule has 0 spiro atoms. The van der Waals surface area contributed by atoms with Gasteiger partial charge in [0.05, 0.1) is 0 Å². The van der Waals surface area contributed by atoms with E-state index in [1.54, 1.807) is 0 Å². The van der Waals surface area contributed by atoms with Crippen molar-refractivity contribution in [1.29, 1.82) is 0 Å². The molecule has 0 radical (unpaired) electrons. The van der Waals surface area contributed by atoms with Gasteiger partial charge in [0.1, 0.15) is 0 Å². The number of rotatable bonds is 2. The lowest BCUT2D eigenvalue weighted by Gasteiger charge is -2.11. The zero-order valence-corrected chi connectivity index (χ0v) is 11.3. The van der Waals surface area contributed by atoms with E-state index in [2.05, 4.69) is 31.7 Å². The molecule has 0 saturated heterocycles. The van der Waals surface area contributed by atoms with Crippen LogP contribution in [0.5, 0.6) is 0 Å². The highest BCUT2D eigenvalue weighted by Gasteiger charge is 2.01. The molecule has 1 aromatic carbocycles. The third-order valence-corrected chi connectivity index (χ3v) is 2.83. The van der Waals surface area contributed by atoms with Crippen molar-refractivity contribution in [2.75, 3.05) is 5.32 Å². The molecule has 88 valence electrons. The van der Waals surface area contributed by atoms with Gasteiger partial charge in [-0.2, -0.15) is 0 Å². The zero-order chi connectivity index (χ0) is 12.1. The van der Waals surface area contributed by atoms with Crippen LogP contribution < -0.4 is 16.6 Å². The molecule has 0 unspecified atom stereocenters. The number of benzene rings is 1. The Bertz CT molecular complexity index is 388. The molecule has 0 bridgehead atoms. The summed E-state index contributed by atoms with van der Waals surface area (Å²) in [5, 5.41) is 3.12. The quantitative estimate of drug-likeness (QED) is 0.338. The SMILES string of the molecule is Cc1cc(NC(=NC(C)C)NN)ccc1Br. The summed E-state index contributed by atoms with van der Waals surface area (Å²) in [6.45, 7) is 6.02. The summed E-state index contributed by atoms with van der Waals surface area (Å²) in [5.74, 6) is 5.95. The number of halogens is 1. The normalized spacial score (nSPS) is 11.8. The summed E-state index contributed by atoms with van der Waals surface area (Å²) in [7, 11) is 0. The van der Waals surface area contributed by atoms with E-state index in [-0.39, 0.29) is 6.04 Å². The van der Waals surface area contributed by atoms with Crippen LogP contribution in [-0.2, 0) is 0 Å². The standard InChI is InChI=1S/C11H17BrN4/c1-7(2)14-11(16-13)15-9-4-5-10(12)8(3)6-9/h4-7H,13H2,1-3H3,(H2,14,15,16). The van der Waals surface area contributed by atoms with Crippen LogP contribution >= 0.6 is 15.9 Å². The number of hydrogen-bond donors (Lipinski definition) is 3. The molecule has 5 heteroatoms. The van der Waals surface area contributed by atoms with Crippen LogP contribution in [0.15, 0.2) is 27.7 Å². The molecule has 0 aliphatic heterocycles. The van der Waals surface area contributed by atoms with E-state index in [1.807, 2.05) is 39.0 Å². The molecule has 1 aromatic rings. The number of aliphatic imine (C=N–C) groups is 1. The van der Waals surface area contributed by atoms with Crippen molar-refractivity contribution < 1.29 is 0 Å². The van der Waals surface area contributed by atoms with Crippen LogP contribution in [-0.4, -0.2) is 12.0 Å². The van der Waals surface area contributed by atoms with Gasteiger partial charge in [-0.3, -0.25) is 5.43 Å². The minimum Gasteiger partial charge on any atom is -0.325 e. The molecule has 16 heavy (non-hydrogen) atoms. The average molecular weight is 285 g/mol. The van der Waals surface area contributed by atoms with E-state index in [4.69, 9.17) is 5.84 Å². The topological polar surface area (TPSA) is 62.4 Å². The average Bonchev–Trinajstić information content (AvgIpc) is 2.22. The molecule has 1 rings (SSSR count). The van der Waals surface area contributed by atoms with Gasteiger partial charge >= 0.3 is 0 Å². The summed E-state index contributed by atoms with van der Waals surface area (Å²) in [6, 6.07) is 6.16. The van der Waals surface area contributed by atoms with Crippen LogP contribution in [0.1, 0.15) is 19.4 Å². The lowest BCUT2D eigenvalue weighted by Crippen LogP contribution is -2.36. The summed E-state index contributed by atoms with van der Waals surface area (Å²) >= 11 is 3.45. The van der Waals surface area contributed by atoms with Crippen LogP contribution in [0.4, 0.5) is 5.69 Å². The minimum absolute atomic E-state index is 0.190. The summed E-state index contributed by atoms with van der Waals surface area (Å²) < 4.78 is 1.08. The van der Waals surface area contributed by atoms with Gasteiger partial charge in [0, 0.05) is 16.2 Å². The van der Waals surface area contributed by atoms with Crippen molar-refractivity contribution in [3.05, 3.63) is 28.2 Å². The molecule has 0 aromatic heterocycles. The maximum atomic E-state index is 5.38. The Morgan fingerprint density at radius 2 is 2.12 bits per heavy atom. The van der Waals surface area contributed by atoms with Gasteiger partial charge in [-0.25, -0.2) is 10.8 Å². The van der Waals surface area contributed by atoms with Crippen molar-refractivity contribution in [2.24, 2.45) is 10.8 Å². The van der Waals surface area contributed by atoms with Crippen LogP contribution in [0.25, 0.3) is 0 Å². The first-order valence-corrected chi connectivity index (χ1v) is 5.90. The number of hydrogen-bond acceptors (Lipinski definition) is 2. The van der Waals surface area contributed by atoms with Crippen molar-refractivity contribution in [2.45, 2.75) is 26.8 Å². The first-order chi connectivity index (χ1) is 7.52. The predicted octanol–water partition coefficient (Wildman–Crippen LogP) is 2.40. The Hall–Kier alpha value is -1.07. The van der Waals surface area contributed by atoms with Gasteiger partial charge in [0.2, 0.25) is 5.96 Å². The maximum absolute atomic E-state index is 5.38. The highest BCUT2D eigenvalue weighted by atomic mass is 79.9. The lowest BCUT2D eigenvalue weighted by atomic mass is 10.2. The third-order valence-electron chi connectivity index (χ3n) is 1.94. The van der Waals surface area contributed by atoms with Crippen molar-refractivity contribution >= 4 is 27.6 Å². The number of anilines is 1. The highest BCUT2D eigenvalue weighted by molar-refractivity contribution is 9.10. The molecular weight excluding hydrogens is 268 g/mol. The molecule has 0 heterocycles. The van der Waals surface area contributed by atoms with Gasteiger partial charge in [0.25, 0.3) is 0 Å². The fourth-order valence-corrected chi connectivity index (χ4v) is 1.47. The number of guanidine groups is 1. The van der Waals surface area contributed by atoms with E-state index < -0.39 is 0 Å². The molecule has 4 N–H and O–H groups in total. The molecule has 0 atom stereocenters. The highest BCUT2D eigenvalue weighted by Crippen LogP contribution is 2.19. The number of hydrazine groups is 1. The van der Waals surface area contributed by atoms with Crippen LogP contribution in [0.3, 0.4) is 0 Å². The number of nitrogens with one attached hydrogen (secondary N) is 2. The second-order valence-corrected chi connectivity index (χ2v) is 4.66. The fourth-order valence-electron chi connectivity index (χ4n) is 1.22. The monoisotopic (exact) mass is 284 g/mol. The van der Waals surface area contributed by atoms with Gasteiger partial charge in [-0.1, -0.05) is 15.9 Å². The van der Waals surface area contributed by atoms with Crippen molar-refractivity contribution in [3.63, 3.8) is 0 Å². The predicted molar refractivity (Wildman–Crippen MR) is 72.4 cm³/mol. The van der Waals surface area contributed by atoms with Gasteiger partial charge in [-0.15, -0.1) is 0 Å². The zero-order valence-electron chi connectivity index (χ0n) is 9.71. The fraction of sp³-hybridized carbons (Fsp3) is 0.364. The second kappa shape index (κ2) is 5.86. The molecule has 0 amide bonds. The number of nitrogens with zero attached hydrogens (tertiary/aromatic N) is 1. The first-order valence-electron chi connectivity index (χ1n) is 5.10. The Morgan fingerprint density at radius 3 is 2.62 bits per heavy atom. The minimum atomic E-state index is 0.190. The van der Waals surface area contributed by atoms with E-state index in [1.165, 1.54) is 0 Å². The van der Waals surface area contributed by atoms with Gasteiger partial charge in [-0.05, 0) is 44.5 Å². The molecule has 4 nitrogen and oxygen atoms in total. The molecule has 0 saturated carbocycles. The van der Waals surface area contributed by atoms with E-state index in [9.17, 15) is 0 Å². The first kappa shape index (κ1) is 13.0. The maximum Gasteiger partial charge on any atom is 0.210 e. The Balaban J connectivity index is 2.82.